The molecule has 0 radical (unpaired) electrons. The van der Waals surface area contributed by atoms with Crippen molar-refractivity contribution in [1.29, 1.82) is 0 Å². The minimum atomic E-state index is -4.13. The second-order valence-electron chi connectivity index (χ2n) is 1.94. The van der Waals surface area contributed by atoms with Gasteiger partial charge in [-0.25, -0.2) is 0 Å². The van der Waals surface area contributed by atoms with Crippen LogP contribution in [0.3, 0.4) is 0 Å². The number of benzene rings is 1. The Labute approximate surface area is 83.0 Å². The molecule has 0 saturated heterocycles. The molecular formula is C6H8LiNO3S. The Balaban J connectivity index is 0.00000121. The summed E-state index contributed by atoms with van der Waals surface area (Å²) in [4.78, 5) is 0. The van der Waals surface area contributed by atoms with Crippen LogP contribution in [0.5, 0.6) is 0 Å². The maximum absolute atomic E-state index is 10.2. The summed E-state index contributed by atoms with van der Waals surface area (Å²) in [6, 6.07) is 8.14. The molecule has 0 saturated carbocycles. The summed E-state index contributed by atoms with van der Waals surface area (Å²) in [5, 5.41) is 0. The molecule has 1 aromatic rings. The van der Waals surface area contributed by atoms with Gasteiger partial charge in [0.25, 0.3) is 0 Å². The first-order valence-corrected chi connectivity index (χ1v) is 4.32. The van der Waals surface area contributed by atoms with Crippen LogP contribution in [0.4, 0.5) is 5.69 Å². The number of para-hydroxylation sites is 1. The van der Waals surface area contributed by atoms with Crippen LogP contribution in [-0.2, 0) is 10.3 Å². The van der Waals surface area contributed by atoms with Gasteiger partial charge in [0.1, 0.15) is 0 Å². The second kappa shape index (κ2) is 4.53. The topological polar surface area (TPSA) is 66.4 Å². The van der Waals surface area contributed by atoms with Crippen LogP contribution in [0.25, 0.3) is 0 Å². The summed E-state index contributed by atoms with van der Waals surface area (Å²) >= 11 is 0. The molecule has 62 valence electrons. The zero-order valence-electron chi connectivity index (χ0n) is 5.56. The predicted molar refractivity (Wildman–Crippen MR) is 48.8 cm³/mol. The van der Waals surface area contributed by atoms with Crippen LogP contribution in [0.15, 0.2) is 30.3 Å². The molecule has 0 heterocycles. The number of rotatable bonds is 2. The van der Waals surface area contributed by atoms with Gasteiger partial charge in [-0.2, -0.15) is 8.42 Å². The molecule has 0 spiro atoms. The summed E-state index contributed by atoms with van der Waals surface area (Å²) in [6.45, 7) is 0. The Kier molecular flexibility index (Phi) is 4.35. The maximum atomic E-state index is 10.2. The van der Waals surface area contributed by atoms with Crippen molar-refractivity contribution < 1.29 is 13.0 Å². The van der Waals surface area contributed by atoms with Crippen LogP contribution < -0.4 is 4.72 Å². The average molecular weight is 181 g/mol. The van der Waals surface area contributed by atoms with E-state index in [9.17, 15) is 8.42 Å². The van der Waals surface area contributed by atoms with Crippen molar-refractivity contribution in [1.82, 2.24) is 0 Å². The first-order valence-electron chi connectivity index (χ1n) is 2.88. The second-order valence-corrected chi connectivity index (χ2v) is 3.10. The van der Waals surface area contributed by atoms with E-state index in [1.165, 1.54) is 12.1 Å². The third-order valence-electron chi connectivity index (χ3n) is 1.02. The minimum absolute atomic E-state index is 0. The summed E-state index contributed by atoms with van der Waals surface area (Å²) in [5.74, 6) is 0. The molecule has 2 N–H and O–H groups in total. The Morgan fingerprint density at radius 2 is 1.67 bits per heavy atom. The Morgan fingerprint density at radius 3 is 2.08 bits per heavy atom. The van der Waals surface area contributed by atoms with Gasteiger partial charge in [0, 0.05) is 0 Å². The molecule has 4 nitrogen and oxygen atoms in total. The molecule has 6 heteroatoms. The standard InChI is InChI=1S/C6H7NO3S.Li.H/c8-11(9,10)7-6-4-2-1-3-5-6;;/h1-5,7H,(H,8,9,10);;. The summed E-state index contributed by atoms with van der Waals surface area (Å²) < 4.78 is 30.7. The Hall–Kier alpha value is -0.473. The predicted octanol–water partition coefficient (Wildman–Crippen LogP) is 0.253. The zero-order chi connectivity index (χ0) is 8.32. The van der Waals surface area contributed by atoms with Gasteiger partial charge < -0.3 is 0 Å². The van der Waals surface area contributed by atoms with Crippen molar-refractivity contribution >= 4 is 34.9 Å². The van der Waals surface area contributed by atoms with Crippen LogP contribution in [0, 0.1) is 0 Å². The molecule has 0 bridgehead atoms. The Morgan fingerprint density at radius 1 is 1.17 bits per heavy atom. The molecule has 0 atom stereocenters. The molecule has 0 unspecified atom stereocenters. The van der Waals surface area contributed by atoms with E-state index in [0.717, 1.165) is 0 Å². The van der Waals surface area contributed by atoms with Crippen LogP contribution in [-0.4, -0.2) is 31.8 Å². The van der Waals surface area contributed by atoms with E-state index in [-0.39, 0.29) is 18.9 Å². The molecule has 12 heavy (non-hydrogen) atoms. The van der Waals surface area contributed by atoms with Gasteiger partial charge in [-0.15, -0.1) is 0 Å². The molecule has 0 aromatic heterocycles. The molecule has 1 rings (SSSR count). The molecule has 0 aliphatic carbocycles. The van der Waals surface area contributed by atoms with Crippen molar-refractivity contribution in [3.8, 4) is 0 Å². The van der Waals surface area contributed by atoms with Crippen LogP contribution >= 0.6 is 0 Å². The van der Waals surface area contributed by atoms with E-state index < -0.39 is 10.3 Å². The molecular weight excluding hydrogens is 173 g/mol. The van der Waals surface area contributed by atoms with Crippen molar-refractivity contribution in [3.63, 3.8) is 0 Å². The van der Waals surface area contributed by atoms with Gasteiger partial charge >= 0.3 is 29.2 Å². The zero-order valence-corrected chi connectivity index (χ0v) is 6.38. The summed E-state index contributed by atoms with van der Waals surface area (Å²) in [7, 11) is -4.13. The van der Waals surface area contributed by atoms with Crippen molar-refractivity contribution in [2.24, 2.45) is 0 Å². The molecule has 0 fully saturated rings. The molecule has 1 aromatic carbocycles. The molecule has 0 amide bonds. The third-order valence-corrected chi connectivity index (χ3v) is 1.51. The number of anilines is 1. The fourth-order valence-corrected chi connectivity index (χ4v) is 1.09. The monoisotopic (exact) mass is 181 g/mol. The third kappa shape index (κ3) is 4.41. The van der Waals surface area contributed by atoms with E-state index in [1.807, 2.05) is 4.72 Å². The first-order chi connectivity index (χ1) is 5.08. The van der Waals surface area contributed by atoms with E-state index in [0.29, 0.717) is 5.69 Å². The first kappa shape index (κ1) is 11.5. The van der Waals surface area contributed by atoms with E-state index >= 15 is 0 Å². The quantitative estimate of drug-likeness (QED) is 0.507. The van der Waals surface area contributed by atoms with Gasteiger partial charge in [-0.1, -0.05) is 18.2 Å². The fraction of sp³-hybridized carbons (Fsp3) is 0. The van der Waals surface area contributed by atoms with E-state index in [1.54, 1.807) is 18.2 Å². The van der Waals surface area contributed by atoms with Crippen molar-refractivity contribution in [2.75, 3.05) is 4.72 Å². The number of hydrogen-bond donors (Lipinski definition) is 2. The SMILES string of the molecule is O=S(=O)(O)Nc1ccccc1.[LiH]. The van der Waals surface area contributed by atoms with Crippen LogP contribution in [0.1, 0.15) is 0 Å². The number of nitrogens with one attached hydrogen (secondary N) is 1. The van der Waals surface area contributed by atoms with Gasteiger partial charge in [0.05, 0.1) is 5.69 Å². The molecule has 0 aliphatic heterocycles. The van der Waals surface area contributed by atoms with Gasteiger partial charge in [0.15, 0.2) is 0 Å². The van der Waals surface area contributed by atoms with Gasteiger partial charge in [0.2, 0.25) is 0 Å². The average Bonchev–Trinajstić information content (AvgIpc) is 1.85. The van der Waals surface area contributed by atoms with Gasteiger partial charge in [-0.05, 0) is 12.1 Å². The fourth-order valence-electron chi connectivity index (χ4n) is 0.655. The van der Waals surface area contributed by atoms with Crippen LogP contribution in [0.2, 0.25) is 0 Å². The van der Waals surface area contributed by atoms with Crippen molar-refractivity contribution in [2.45, 2.75) is 0 Å². The van der Waals surface area contributed by atoms with E-state index in [2.05, 4.69) is 0 Å². The summed E-state index contributed by atoms with van der Waals surface area (Å²) in [6.07, 6.45) is 0. The Bertz CT molecular complexity index is 324. The molecule has 0 aliphatic rings. The normalized spacial score (nSPS) is 10.1. The summed E-state index contributed by atoms with van der Waals surface area (Å²) in [5.41, 5.74) is 0.343. The van der Waals surface area contributed by atoms with E-state index in [4.69, 9.17) is 4.55 Å². The number of hydrogen-bond acceptors (Lipinski definition) is 2. The van der Waals surface area contributed by atoms with Crippen molar-refractivity contribution in [3.05, 3.63) is 30.3 Å². The van der Waals surface area contributed by atoms with Gasteiger partial charge in [-0.3, -0.25) is 9.27 Å².